The lowest BCUT2D eigenvalue weighted by Crippen LogP contribution is -1.93. The Kier molecular flexibility index (Phi) is 5.54. The van der Waals surface area contributed by atoms with Gasteiger partial charge in [0.25, 0.3) is 0 Å². The minimum absolute atomic E-state index is 0.437. The van der Waals surface area contributed by atoms with E-state index in [0.29, 0.717) is 22.3 Å². The lowest BCUT2D eigenvalue weighted by Gasteiger charge is -2.13. The fraction of sp³-hybridized carbons (Fsp3) is 0.200. The second-order valence-corrected chi connectivity index (χ2v) is 6.50. The van der Waals surface area contributed by atoms with Gasteiger partial charge >= 0.3 is 0 Å². The first-order valence-corrected chi connectivity index (χ1v) is 8.07. The molecule has 0 heterocycles. The number of ether oxygens (including phenoxy) is 2. The summed E-state index contributed by atoms with van der Waals surface area (Å²) >= 11 is 13.0. The Bertz CT molecular complexity index is 660. The number of rotatable bonds is 4. The van der Waals surface area contributed by atoms with E-state index in [1.54, 1.807) is 44.4 Å². The van der Waals surface area contributed by atoms with Crippen LogP contribution in [0.4, 0.5) is 0 Å². The molecule has 3 nitrogen and oxygen atoms in total. The van der Waals surface area contributed by atoms with Gasteiger partial charge < -0.3 is 14.6 Å². The van der Waals surface area contributed by atoms with Crippen molar-refractivity contribution in [1.82, 2.24) is 0 Å². The topological polar surface area (TPSA) is 38.7 Å². The maximum absolute atomic E-state index is 9.54. The Morgan fingerprint density at radius 2 is 1.67 bits per heavy atom. The maximum Gasteiger partial charge on any atom is 0.146 e. The Labute approximate surface area is 145 Å². The molecule has 0 aliphatic heterocycles. The van der Waals surface area contributed by atoms with Crippen LogP contribution in [0.15, 0.2) is 39.3 Å². The summed E-state index contributed by atoms with van der Waals surface area (Å²) in [7, 11) is 1.60. The van der Waals surface area contributed by atoms with Gasteiger partial charge in [0.05, 0.1) is 27.2 Å². The van der Waals surface area contributed by atoms with Crippen molar-refractivity contribution >= 4 is 43.5 Å². The van der Waals surface area contributed by atoms with E-state index < -0.39 is 6.10 Å². The molecule has 1 N–H and O–H groups in total. The molecular formula is C15H13Br2ClO3. The molecule has 2 aromatic rings. The normalized spacial score (nSPS) is 12.1. The van der Waals surface area contributed by atoms with E-state index in [4.69, 9.17) is 21.1 Å². The van der Waals surface area contributed by atoms with Crippen LogP contribution in [0.3, 0.4) is 0 Å². The van der Waals surface area contributed by atoms with E-state index in [0.717, 1.165) is 14.5 Å². The fourth-order valence-electron chi connectivity index (χ4n) is 1.72. The molecule has 0 saturated carbocycles. The number of halogens is 3. The Hall–Kier alpha value is -0.750. The Morgan fingerprint density at radius 1 is 1.05 bits per heavy atom. The van der Waals surface area contributed by atoms with Gasteiger partial charge in [-0.15, -0.1) is 0 Å². The fourth-order valence-corrected chi connectivity index (χ4v) is 2.84. The van der Waals surface area contributed by atoms with E-state index in [1.807, 2.05) is 0 Å². The van der Waals surface area contributed by atoms with Gasteiger partial charge in [-0.25, -0.2) is 0 Å². The van der Waals surface area contributed by atoms with Crippen molar-refractivity contribution in [3.63, 3.8) is 0 Å². The zero-order chi connectivity index (χ0) is 15.6. The first-order chi connectivity index (χ1) is 9.92. The summed E-state index contributed by atoms with van der Waals surface area (Å²) in [5.41, 5.74) is 0.738. The third-order valence-corrected chi connectivity index (χ3v) is 4.40. The summed E-state index contributed by atoms with van der Waals surface area (Å²) < 4.78 is 12.5. The van der Waals surface area contributed by atoms with Crippen LogP contribution in [0.5, 0.6) is 17.2 Å². The average Bonchev–Trinajstić information content (AvgIpc) is 2.44. The molecule has 1 atom stereocenters. The highest BCUT2D eigenvalue weighted by Crippen LogP contribution is 2.40. The molecule has 112 valence electrons. The molecule has 0 fully saturated rings. The van der Waals surface area contributed by atoms with Crippen molar-refractivity contribution in [1.29, 1.82) is 0 Å². The van der Waals surface area contributed by atoms with Crippen LogP contribution in [0.1, 0.15) is 18.6 Å². The minimum atomic E-state index is -0.571. The molecule has 6 heteroatoms. The lowest BCUT2D eigenvalue weighted by atomic mass is 10.1. The first kappa shape index (κ1) is 16.6. The van der Waals surface area contributed by atoms with Gasteiger partial charge in [-0.3, -0.25) is 0 Å². The second-order valence-electron chi connectivity index (χ2n) is 4.39. The largest absolute Gasteiger partial charge is 0.496 e. The molecule has 21 heavy (non-hydrogen) atoms. The van der Waals surface area contributed by atoms with Gasteiger partial charge in [-0.1, -0.05) is 17.7 Å². The minimum Gasteiger partial charge on any atom is -0.496 e. The molecule has 0 radical (unpaired) electrons. The molecule has 0 aromatic heterocycles. The molecule has 0 saturated heterocycles. The average molecular weight is 437 g/mol. The highest BCUT2D eigenvalue weighted by molar-refractivity contribution is 9.11. The van der Waals surface area contributed by atoms with Gasteiger partial charge in [-0.2, -0.15) is 0 Å². The number of benzene rings is 2. The highest BCUT2D eigenvalue weighted by atomic mass is 79.9. The SMILES string of the molecule is COc1cc(Br)c(Oc2ccc(C(C)O)cc2Cl)cc1Br. The van der Waals surface area contributed by atoms with Gasteiger partial charge in [-0.05, 0) is 68.6 Å². The number of aliphatic hydroxyl groups excluding tert-OH is 1. The van der Waals surface area contributed by atoms with Crippen LogP contribution in [0.25, 0.3) is 0 Å². The zero-order valence-electron chi connectivity index (χ0n) is 11.4. The van der Waals surface area contributed by atoms with E-state index in [-0.39, 0.29) is 0 Å². The van der Waals surface area contributed by atoms with Crippen LogP contribution in [0, 0.1) is 0 Å². The summed E-state index contributed by atoms with van der Waals surface area (Å²) in [4.78, 5) is 0. The Balaban J connectivity index is 2.32. The number of aliphatic hydroxyl groups is 1. The quantitative estimate of drug-likeness (QED) is 0.666. The molecule has 0 amide bonds. The molecule has 2 rings (SSSR count). The van der Waals surface area contributed by atoms with Crippen molar-refractivity contribution in [2.75, 3.05) is 7.11 Å². The van der Waals surface area contributed by atoms with Crippen LogP contribution >= 0.6 is 43.5 Å². The van der Waals surface area contributed by atoms with Crippen molar-refractivity contribution < 1.29 is 14.6 Å². The monoisotopic (exact) mass is 434 g/mol. The smallest absolute Gasteiger partial charge is 0.146 e. The van der Waals surface area contributed by atoms with Crippen molar-refractivity contribution in [3.05, 3.63) is 49.9 Å². The van der Waals surface area contributed by atoms with Crippen molar-refractivity contribution in [2.45, 2.75) is 13.0 Å². The molecule has 0 aliphatic carbocycles. The summed E-state index contributed by atoms with van der Waals surface area (Å²) in [6.45, 7) is 1.68. The number of hydrogen-bond donors (Lipinski definition) is 1. The zero-order valence-corrected chi connectivity index (χ0v) is 15.3. The molecular weight excluding hydrogens is 423 g/mol. The van der Waals surface area contributed by atoms with E-state index in [2.05, 4.69) is 31.9 Å². The predicted octanol–water partition coefficient (Wildman–Crippen LogP) is 5.72. The number of methoxy groups -OCH3 is 1. The number of hydrogen-bond acceptors (Lipinski definition) is 3. The summed E-state index contributed by atoms with van der Waals surface area (Å²) in [6.07, 6.45) is -0.571. The summed E-state index contributed by atoms with van der Waals surface area (Å²) in [6, 6.07) is 8.79. The highest BCUT2D eigenvalue weighted by Gasteiger charge is 2.12. The molecule has 1 unspecified atom stereocenters. The molecule has 0 bridgehead atoms. The van der Waals surface area contributed by atoms with Crippen LogP contribution in [-0.2, 0) is 0 Å². The lowest BCUT2D eigenvalue weighted by molar-refractivity contribution is 0.199. The van der Waals surface area contributed by atoms with Gasteiger partial charge in [0.2, 0.25) is 0 Å². The van der Waals surface area contributed by atoms with Crippen LogP contribution in [0.2, 0.25) is 5.02 Å². The third kappa shape index (κ3) is 3.92. The molecule has 0 spiro atoms. The predicted molar refractivity (Wildman–Crippen MR) is 90.6 cm³/mol. The summed E-state index contributed by atoms with van der Waals surface area (Å²) in [5.74, 6) is 1.82. The van der Waals surface area contributed by atoms with E-state index in [9.17, 15) is 5.11 Å². The first-order valence-electron chi connectivity index (χ1n) is 6.10. The van der Waals surface area contributed by atoms with Crippen LogP contribution < -0.4 is 9.47 Å². The van der Waals surface area contributed by atoms with E-state index >= 15 is 0 Å². The van der Waals surface area contributed by atoms with E-state index in [1.165, 1.54) is 0 Å². The maximum atomic E-state index is 9.54. The van der Waals surface area contributed by atoms with Gasteiger partial charge in [0.15, 0.2) is 0 Å². The Morgan fingerprint density at radius 3 is 2.24 bits per heavy atom. The molecule has 2 aromatic carbocycles. The van der Waals surface area contributed by atoms with Gasteiger partial charge in [0.1, 0.15) is 17.2 Å². The van der Waals surface area contributed by atoms with Crippen molar-refractivity contribution in [3.8, 4) is 17.2 Å². The van der Waals surface area contributed by atoms with Gasteiger partial charge in [0, 0.05) is 0 Å². The molecule has 0 aliphatic rings. The standard InChI is InChI=1S/C15H13Br2ClO3/c1-8(19)9-3-4-13(12(18)5-9)21-15-7-10(16)14(20-2)6-11(15)17/h3-8,19H,1-2H3. The van der Waals surface area contributed by atoms with Crippen molar-refractivity contribution in [2.24, 2.45) is 0 Å². The van der Waals surface area contributed by atoms with Crippen LogP contribution in [-0.4, -0.2) is 12.2 Å². The second kappa shape index (κ2) is 7.01. The summed E-state index contributed by atoms with van der Waals surface area (Å²) in [5, 5.41) is 9.98. The third-order valence-electron chi connectivity index (χ3n) is 2.86.